The molecule has 600 valence electrons. The van der Waals surface area contributed by atoms with Gasteiger partial charge in [0.2, 0.25) is 0 Å². The topological polar surface area (TPSA) is 19.4 Å². The molecule has 0 spiro atoms. The molecule has 0 saturated carbocycles. The summed E-state index contributed by atoms with van der Waals surface area (Å²) in [5.41, 5.74) is 42.4. The van der Waals surface area contributed by atoms with Crippen LogP contribution in [0.15, 0.2) is 364 Å². The Balaban J connectivity index is 0.769. The quantitative estimate of drug-likeness (QED) is 0.0946. The summed E-state index contributed by atoms with van der Waals surface area (Å²) in [5.74, 6) is 0. The molecule has 0 fully saturated rings. The van der Waals surface area contributed by atoms with E-state index in [1.165, 1.54) is 128 Å². The second kappa shape index (κ2) is 30.3. The Labute approximate surface area is 728 Å². The van der Waals surface area contributed by atoms with Gasteiger partial charge >= 0.3 is 0 Å². The largest absolute Gasteiger partial charge is 0.311 e. The lowest BCUT2D eigenvalue weighted by Crippen LogP contribution is -2.61. The number of rotatable bonds is 15. The molecule has 16 aromatic carbocycles. The monoisotopic (exact) mass is 1590 g/mol. The van der Waals surface area contributed by atoms with Gasteiger partial charge in [0, 0.05) is 96.7 Å². The van der Waals surface area contributed by atoms with E-state index < -0.39 is 5.41 Å². The molecule has 123 heavy (non-hydrogen) atoms. The summed E-state index contributed by atoms with van der Waals surface area (Å²) in [7, 11) is 0. The molecule has 0 aliphatic carbocycles. The lowest BCUT2D eigenvalue weighted by Gasteiger charge is -2.46. The summed E-state index contributed by atoms with van der Waals surface area (Å²) in [6.45, 7) is 32.5. The van der Waals surface area contributed by atoms with E-state index in [2.05, 4.69) is 490 Å². The summed E-state index contributed by atoms with van der Waals surface area (Å²) in [4.78, 5) is 15.2. The first-order valence-electron chi connectivity index (χ1n) is 43.8. The normalized spacial score (nSPS) is 13.2. The molecular weight excluding hydrogens is 1490 g/mol. The smallest absolute Gasteiger partial charge is 0.252 e. The van der Waals surface area contributed by atoms with Gasteiger partial charge in [-0.05, 0) is 289 Å². The van der Waals surface area contributed by atoms with Crippen LogP contribution in [0.5, 0.6) is 0 Å². The fraction of sp³-hybridized carbons (Fsp3) is 0.165. The maximum atomic E-state index is 2.63. The first-order chi connectivity index (χ1) is 59.4. The summed E-state index contributed by atoms with van der Waals surface area (Å²) < 4.78 is 0. The van der Waals surface area contributed by atoms with Crippen LogP contribution in [-0.4, -0.2) is 13.4 Å². The van der Waals surface area contributed by atoms with Crippen molar-refractivity contribution in [2.45, 2.75) is 125 Å². The van der Waals surface area contributed by atoms with Gasteiger partial charge < -0.3 is 29.4 Å². The number of hydrogen-bond acceptors (Lipinski definition) is 6. The van der Waals surface area contributed by atoms with E-state index in [0.29, 0.717) is 0 Å². The molecule has 0 N–H and O–H groups in total. The molecule has 0 bridgehead atoms. The zero-order valence-corrected chi connectivity index (χ0v) is 73.2. The van der Waals surface area contributed by atoms with Crippen molar-refractivity contribution >= 4 is 149 Å². The molecule has 4 heterocycles. The van der Waals surface area contributed by atoms with E-state index in [0.717, 1.165) is 80.4 Å². The molecule has 0 saturated heterocycles. The first-order valence-corrected chi connectivity index (χ1v) is 43.8. The van der Waals surface area contributed by atoms with Crippen molar-refractivity contribution in [1.82, 2.24) is 0 Å². The number of para-hydroxylation sites is 2. The van der Waals surface area contributed by atoms with Crippen LogP contribution in [0.3, 0.4) is 0 Å². The van der Waals surface area contributed by atoms with Gasteiger partial charge in [0.1, 0.15) is 0 Å². The van der Waals surface area contributed by atoms with Gasteiger partial charge in [-0.3, -0.25) is 0 Å². The van der Waals surface area contributed by atoms with Crippen LogP contribution in [0.4, 0.5) is 102 Å². The van der Waals surface area contributed by atoms with E-state index >= 15 is 0 Å². The molecule has 0 atom stereocenters. The maximum Gasteiger partial charge on any atom is 0.252 e. The molecular formula is C115H104B2N6. The third-order valence-electron chi connectivity index (χ3n) is 26.3. The van der Waals surface area contributed by atoms with Crippen molar-refractivity contribution in [2.24, 2.45) is 0 Å². The number of anilines is 18. The molecule has 4 aliphatic rings. The molecule has 8 heteroatoms. The fourth-order valence-electron chi connectivity index (χ4n) is 19.7. The van der Waals surface area contributed by atoms with E-state index in [1.54, 1.807) is 0 Å². The highest BCUT2D eigenvalue weighted by Crippen LogP contribution is 2.52. The van der Waals surface area contributed by atoms with Crippen LogP contribution in [0.1, 0.15) is 121 Å². The third-order valence-corrected chi connectivity index (χ3v) is 26.3. The van der Waals surface area contributed by atoms with Crippen LogP contribution in [-0.2, 0) is 28.1 Å². The molecule has 0 amide bonds. The average molecular weight is 1590 g/mol. The van der Waals surface area contributed by atoms with E-state index in [1.807, 2.05) is 0 Å². The Morgan fingerprint density at radius 1 is 0.236 bits per heavy atom. The summed E-state index contributed by atoms with van der Waals surface area (Å²) >= 11 is 0. The van der Waals surface area contributed by atoms with Crippen LogP contribution in [0.25, 0.3) is 22.3 Å². The number of hydrogen-bond donors (Lipinski definition) is 0. The van der Waals surface area contributed by atoms with Crippen LogP contribution >= 0.6 is 0 Å². The van der Waals surface area contributed by atoms with Crippen molar-refractivity contribution in [2.75, 3.05) is 29.4 Å². The highest BCUT2D eigenvalue weighted by molar-refractivity contribution is 7.01. The molecule has 16 aromatic rings. The summed E-state index contributed by atoms with van der Waals surface area (Å²) in [6, 6.07) is 138. The van der Waals surface area contributed by atoms with Gasteiger partial charge in [-0.15, -0.1) is 0 Å². The predicted molar refractivity (Wildman–Crippen MR) is 528 cm³/mol. The Morgan fingerprint density at radius 3 is 1.09 bits per heavy atom. The van der Waals surface area contributed by atoms with Gasteiger partial charge in [0.15, 0.2) is 0 Å². The van der Waals surface area contributed by atoms with Crippen molar-refractivity contribution < 1.29 is 0 Å². The van der Waals surface area contributed by atoms with Gasteiger partial charge in [0.25, 0.3) is 13.4 Å². The number of fused-ring (bicyclic) bond motifs is 8. The second-order valence-corrected chi connectivity index (χ2v) is 38.2. The Hall–Kier alpha value is -13.6. The fourth-order valence-corrected chi connectivity index (χ4v) is 19.7. The van der Waals surface area contributed by atoms with Gasteiger partial charge in [-0.1, -0.05) is 300 Å². The first kappa shape index (κ1) is 78.0. The van der Waals surface area contributed by atoms with Gasteiger partial charge in [-0.25, -0.2) is 0 Å². The van der Waals surface area contributed by atoms with Crippen LogP contribution < -0.4 is 62.2 Å². The van der Waals surface area contributed by atoms with Crippen LogP contribution in [0.2, 0.25) is 0 Å². The van der Waals surface area contributed by atoms with E-state index in [9.17, 15) is 0 Å². The number of nitrogens with zero attached hydrogens (tertiary/aromatic N) is 6. The Bertz CT molecular complexity index is 6570. The van der Waals surface area contributed by atoms with Crippen molar-refractivity contribution in [3.63, 3.8) is 0 Å². The highest BCUT2D eigenvalue weighted by atomic mass is 15.2. The highest BCUT2D eigenvalue weighted by Gasteiger charge is 2.47. The molecule has 0 aromatic heterocycles. The minimum atomic E-state index is -0.394. The molecule has 20 rings (SSSR count). The van der Waals surface area contributed by atoms with Crippen LogP contribution in [0, 0.1) is 20.8 Å². The minimum Gasteiger partial charge on any atom is -0.311 e. The number of benzene rings is 16. The second-order valence-electron chi connectivity index (χ2n) is 38.2. The zero-order chi connectivity index (χ0) is 84.5. The van der Waals surface area contributed by atoms with E-state index in [4.69, 9.17) is 0 Å². The maximum absolute atomic E-state index is 2.63. The molecule has 0 radical (unpaired) electrons. The van der Waals surface area contributed by atoms with Gasteiger partial charge in [0.05, 0.1) is 5.69 Å². The molecule has 4 aliphatic heterocycles. The standard InChI is InChI=1S/C115H104B2N6/c1-76-38-52-92(53-39-76)120-102-65-40-77(2)68-99(102)116-98-64-63-96(118(90-55-42-81(43-56-90)79-28-19-15-20-29-79)91-57-44-82(45-58-91)80-30-21-16-22-31-80)72-107(98)123(106-37-27-36-105(120)110(106)116)95-54-41-78(3)83(69-95)75-115(13,14)87-51-67-104-101(71-87)117-100-70-86(114(10,11)12)50-66-103(100)121(93-59-46-84(47-60-93)112(4,5)6)108-73-97(119(88-32-23-17-24-33-88)89-34-25-18-26-35-89)74-109(111(108)117)122(104)94-61-48-85(49-62-94)113(7,8)9/h15-74H,75H2,1-14H3. The lowest BCUT2D eigenvalue weighted by atomic mass is 9.33. The Kier molecular flexibility index (Phi) is 19.2. The van der Waals surface area contributed by atoms with Crippen molar-refractivity contribution in [3.8, 4) is 22.3 Å². The van der Waals surface area contributed by atoms with Crippen molar-refractivity contribution in [3.05, 3.63) is 408 Å². The summed E-state index contributed by atoms with van der Waals surface area (Å²) in [6.07, 6.45) is 0.771. The number of aryl methyl sites for hydroxylation is 3. The minimum absolute atomic E-state index is 0.0377. The third kappa shape index (κ3) is 14.0. The summed E-state index contributed by atoms with van der Waals surface area (Å²) in [5, 5.41) is 0. The molecule has 6 nitrogen and oxygen atoms in total. The van der Waals surface area contributed by atoms with Gasteiger partial charge in [-0.2, -0.15) is 0 Å². The average Bonchev–Trinajstić information content (AvgIpc) is 0.700. The lowest BCUT2D eigenvalue weighted by molar-refractivity contribution is 0.521. The SMILES string of the molecule is Cc1ccc(N2c3ccc(C)cc3B3c4ccc(N(c5ccc(-c6ccccc6)cc5)c5ccc(-c6ccccc6)cc5)cc4N(c4ccc(C)c(CC(C)(C)c5ccc6c(c5)B5c7cc(C(C)(C)C)ccc7N(c7ccc(C(C)(C)C)cc7)c7cc(N(c8ccccc8)c8ccccc8)cc(c75)N6c5ccc(C(C)(C)C)cc5)c4)c4cccc2c43)cc1. The van der Waals surface area contributed by atoms with Crippen molar-refractivity contribution in [1.29, 1.82) is 0 Å². The predicted octanol–water partition coefficient (Wildman–Crippen LogP) is 27.5. The zero-order valence-electron chi connectivity index (χ0n) is 73.2. The molecule has 0 unspecified atom stereocenters. The van der Waals surface area contributed by atoms with E-state index in [-0.39, 0.29) is 29.7 Å². The Morgan fingerprint density at radius 2 is 0.593 bits per heavy atom.